The molecule has 1 atom stereocenters. The minimum atomic E-state index is -0.659. The second-order valence-electron chi connectivity index (χ2n) is 9.93. The van der Waals surface area contributed by atoms with E-state index in [1.54, 1.807) is 0 Å². The molecule has 0 radical (unpaired) electrons. The number of hydrogen-bond acceptors (Lipinski definition) is 4. The number of carbonyl (C=O) groups is 1. The molecule has 0 spiro atoms. The van der Waals surface area contributed by atoms with E-state index in [-0.39, 0.29) is 6.04 Å². The number of unbranched alkanes of at least 4 members (excludes halogenated alkanes) is 5. The first-order valence-corrected chi connectivity index (χ1v) is 14.7. The second kappa shape index (κ2) is 13.7. The third-order valence-corrected chi connectivity index (χ3v) is 8.77. The Labute approximate surface area is 225 Å². The van der Waals surface area contributed by atoms with Gasteiger partial charge in [0.15, 0.2) is 0 Å². The van der Waals surface area contributed by atoms with Gasteiger partial charge in [-0.1, -0.05) is 93.1 Å². The average molecular weight is 527 g/mol. The minimum Gasteiger partial charge on any atom is -0.480 e. The van der Waals surface area contributed by atoms with Crippen molar-refractivity contribution < 1.29 is 9.90 Å². The summed E-state index contributed by atoms with van der Waals surface area (Å²) >= 11 is 8.16. The summed E-state index contributed by atoms with van der Waals surface area (Å²) in [5.74, 6) is -0.659. The Hall–Kier alpha value is -1.79. The zero-order chi connectivity index (χ0) is 25.3. The van der Waals surface area contributed by atoms with Gasteiger partial charge in [0.25, 0.3) is 0 Å². The van der Waals surface area contributed by atoms with Crippen LogP contribution in [-0.2, 0) is 4.79 Å². The van der Waals surface area contributed by atoms with Gasteiger partial charge in [0.05, 0.1) is 0 Å². The van der Waals surface area contributed by atoms with Gasteiger partial charge in [-0.2, -0.15) is 0 Å². The maximum absolute atomic E-state index is 11.9. The summed E-state index contributed by atoms with van der Waals surface area (Å²) in [6.45, 7) is 6.73. The molecule has 36 heavy (non-hydrogen) atoms. The van der Waals surface area contributed by atoms with E-state index in [1.165, 1.54) is 52.2 Å². The summed E-state index contributed by atoms with van der Waals surface area (Å²) in [6, 6.07) is 14.4. The van der Waals surface area contributed by atoms with E-state index in [0.29, 0.717) is 0 Å². The van der Waals surface area contributed by atoms with E-state index >= 15 is 0 Å². The molecule has 2 aromatic rings. The Bertz CT molecular complexity index is 1050. The first-order chi connectivity index (χ1) is 17.6. The van der Waals surface area contributed by atoms with Crippen LogP contribution in [0.15, 0.2) is 58.3 Å². The number of rotatable bonds is 12. The quantitative estimate of drug-likeness (QED) is 0.248. The summed E-state index contributed by atoms with van der Waals surface area (Å²) in [5, 5.41) is 10.6. The molecule has 4 nitrogen and oxygen atoms in total. The maximum Gasteiger partial charge on any atom is 0.320 e. The highest BCUT2D eigenvalue weighted by Gasteiger charge is 2.28. The fraction of sp³-hybridized carbons (Fsp3) is 0.500. The summed E-state index contributed by atoms with van der Waals surface area (Å²) in [7, 11) is 0. The number of carboxylic acids is 1. The molecule has 2 aliphatic rings. The van der Waals surface area contributed by atoms with Crippen LogP contribution in [0.25, 0.3) is 5.57 Å². The first-order valence-electron chi connectivity index (χ1n) is 13.5. The van der Waals surface area contributed by atoms with Crippen molar-refractivity contribution in [2.24, 2.45) is 0 Å². The van der Waals surface area contributed by atoms with E-state index in [4.69, 9.17) is 11.6 Å². The van der Waals surface area contributed by atoms with Gasteiger partial charge in [-0.15, -0.1) is 0 Å². The number of hydrogen-bond donors (Lipinski definition) is 1. The summed E-state index contributed by atoms with van der Waals surface area (Å²) in [5.41, 5.74) is 3.77. The molecule has 0 aromatic heterocycles. The predicted octanol–water partition coefficient (Wildman–Crippen LogP) is 7.45. The molecule has 2 heterocycles. The molecule has 2 aliphatic heterocycles. The van der Waals surface area contributed by atoms with Gasteiger partial charge in [0, 0.05) is 47.5 Å². The molecular weight excluding hydrogens is 488 g/mol. The fourth-order valence-corrected chi connectivity index (χ4v) is 6.59. The second-order valence-corrected chi connectivity index (χ2v) is 11.5. The summed E-state index contributed by atoms with van der Waals surface area (Å²) < 4.78 is 0. The normalized spacial score (nSPS) is 18.1. The molecule has 2 aromatic carbocycles. The molecular formula is C30H39ClN2O2S. The standard InChI is InChI=1S/C30H39ClN2O2S/c1-2-3-4-5-6-7-13-27(30(34)35)33-20-18-32(19-21-33)17-10-12-24-25-11-8-9-14-28(25)36-29-16-15-23(31)22-26(24)29/h8-9,11-12,14-16,22,27H,2-7,10,13,17-21H2,1H3,(H,34,35). The Morgan fingerprint density at radius 2 is 1.72 bits per heavy atom. The number of nitrogens with zero attached hydrogens (tertiary/aromatic N) is 2. The monoisotopic (exact) mass is 526 g/mol. The topological polar surface area (TPSA) is 43.8 Å². The van der Waals surface area contributed by atoms with Crippen molar-refractivity contribution in [2.75, 3.05) is 32.7 Å². The number of benzene rings is 2. The van der Waals surface area contributed by atoms with Crippen LogP contribution in [0.5, 0.6) is 0 Å². The molecule has 1 saturated heterocycles. The third kappa shape index (κ3) is 7.16. The predicted molar refractivity (Wildman–Crippen MR) is 151 cm³/mol. The number of halogens is 1. The van der Waals surface area contributed by atoms with Crippen molar-refractivity contribution in [3.05, 3.63) is 64.7 Å². The number of fused-ring (bicyclic) bond motifs is 2. The highest BCUT2D eigenvalue weighted by molar-refractivity contribution is 7.99. The number of aliphatic carboxylic acids is 1. The van der Waals surface area contributed by atoms with Crippen molar-refractivity contribution in [1.82, 2.24) is 9.80 Å². The van der Waals surface area contributed by atoms with Crippen LogP contribution in [0.3, 0.4) is 0 Å². The van der Waals surface area contributed by atoms with Gasteiger partial charge in [-0.25, -0.2) is 0 Å². The zero-order valence-corrected chi connectivity index (χ0v) is 23.0. The van der Waals surface area contributed by atoms with Gasteiger partial charge >= 0.3 is 5.97 Å². The van der Waals surface area contributed by atoms with Crippen molar-refractivity contribution in [2.45, 2.75) is 74.1 Å². The zero-order valence-electron chi connectivity index (χ0n) is 21.4. The lowest BCUT2D eigenvalue weighted by Crippen LogP contribution is -2.52. The Morgan fingerprint density at radius 3 is 2.50 bits per heavy atom. The molecule has 6 heteroatoms. The molecule has 194 valence electrons. The van der Waals surface area contributed by atoms with E-state index in [9.17, 15) is 9.90 Å². The van der Waals surface area contributed by atoms with Gasteiger partial charge in [0.2, 0.25) is 0 Å². The van der Waals surface area contributed by atoms with Crippen LogP contribution in [0.2, 0.25) is 5.02 Å². The average Bonchev–Trinajstić information content (AvgIpc) is 2.88. The Balaban J connectivity index is 1.30. The van der Waals surface area contributed by atoms with Crippen LogP contribution >= 0.6 is 23.4 Å². The molecule has 0 bridgehead atoms. The lowest BCUT2D eigenvalue weighted by molar-refractivity contribution is -0.144. The lowest BCUT2D eigenvalue weighted by Gasteiger charge is -2.37. The number of piperazine rings is 1. The van der Waals surface area contributed by atoms with Crippen molar-refractivity contribution in [3.63, 3.8) is 0 Å². The Morgan fingerprint density at radius 1 is 1.00 bits per heavy atom. The highest BCUT2D eigenvalue weighted by Crippen LogP contribution is 2.46. The fourth-order valence-electron chi connectivity index (χ4n) is 5.33. The highest BCUT2D eigenvalue weighted by atomic mass is 35.5. The van der Waals surface area contributed by atoms with Crippen molar-refractivity contribution >= 4 is 34.9 Å². The van der Waals surface area contributed by atoms with Gasteiger partial charge < -0.3 is 10.0 Å². The Kier molecular flexibility index (Phi) is 10.3. The summed E-state index contributed by atoms with van der Waals surface area (Å²) in [4.78, 5) is 19.1. The van der Waals surface area contributed by atoms with E-state index in [0.717, 1.165) is 63.4 Å². The van der Waals surface area contributed by atoms with Crippen LogP contribution < -0.4 is 0 Å². The van der Waals surface area contributed by atoms with E-state index in [2.05, 4.69) is 59.2 Å². The molecule has 4 rings (SSSR count). The van der Waals surface area contributed by atoms with E-state index in [1.807, 2.05) is 17.8 Å². The maximum atomic E-state index is 11.9. The largest absolute Gasteiger partial charge is 0.480 e. The molecule has 1 fully saturated rings. The molecule has 1 unspecified atom stereocenters. The van der Waals surface area contributed by atoms with Crippen LogP contribution in [0.1, 0.15) is 69.4 Å². The van der Waals surface area contributed by atoms with Crippen molar-refractivity contribution in [3.8, 4) is 0 Å². The van der Waals surface area contributed by atoms with Gasteiger partial charge in [-0.3, -0.25) is 9.69 Å². The summed E-state index contributed by atoms with van der Waals surface area (Å²) in [6.07, 6.45) is 11.3. The molecule has 1 N–H and O–H groups in total. The first kappa shape index (κ1) is 27.3. The third-order valence-electron chi connectivity index (χ3n) is 7.39. The van der Waals surface area contributed by atoms with Gasteiger partial charge in [0.1, 0.15) is 6.04 Å². The van der Waals surface area contributed by atoms with Crippen molar-refractivity contribution in [1.29, 1.82) is 0 Å². The number of carboxylic acid groups (broad SMARTS) is 1. The lowest BCUT2D eigenvalue weighted by atomic mass is 9.96. The smallest absolute Gasteiger partial charge is 0.320 e. The van der Waals surface area contributed by atoms with Crippen LogP contribution in [0.4, 0.5) is 0 Å². The molecule has 0 amide bonds. The van der Waals surface area contributed by atoms with Gasteiger partial charge in [-0.05, 0) is 53.8 Å². The van der Waals surface area contributed by atoms with E-state index < -0.39 is 5.97 Å². The SMILES string of the molecule is CCCCCCCCC(C(=O)O)N1CCN(CCC=C2c3ccccc3Sc3ccc(Cl)cc32)CC1. The van der Waals surface area contributed by atoms with Crippen LogP contribution in [-0.4, -0.2) is 59.6 Å². The molecule has 0 saturated carbocycles. The van der Waals surface area contributed by atoms with Crippen LogP contribution in [0, 0.1) is 0 Å². The molecule has 0 aliphatic carbocycles. The minimum absolute atomic E-state index is 0.335.